The highest BCUT2D eigenvalue weighted by atomic mass is 35.5. The minimum absolute atomic E-state index is 0.0458. The molecule has 6 heteroatoms. The molecule has 0 bridgehead atoms. The topological polar surface area (TPSA) is 54.9 Å². The van der Waals surface area contributed by atoms with Gasteiger partial charge in [-0.1, -0.05) is 6.92 Å². The van der Waals surface area contributed by atoms with Crippen molar-refractivity contribution in [3.63, 3.8) is 0 Å². The fourth-order valence-corrected chi connectivity index (χ4v) is 3.33. The summed E-state index contributed by atoms with van der Waals surface area (Å²) in [6, 6.07) is 9.37. The first-order valence-corrected chi connectivity index (χ1v) is 8.10. The predicted octanol–water partition coefficient (Wildman–Crippen LogP) is 4.85. The summed E-state index contributed by atoms with van der Waals surface area (Å²) in [5.41, 5.74) is 1.53. The zero-order valence-corrected chi connectivity index (χ0v) is 13.8. The number of hydrogen-bond acceptors (Lipinski definition) is 5. The summed E-state index contributed by atoms with van der Waals surface area (Å²) in [5, 5.41) is 4.43. The number of Topliss-reactive ketones (excluding diaryl/α,β-unsaturated/α-hetero) is 1. The lowest BCUT2D eigenvalue weighted by molar-refractivity contribution is 0.101. The van der Waals surface area contributed by atoms with Gasteiger partial charge in [0.05, 0.1) is 5.39 Å². The molecule has 0 radical (unpaired) electrons. The fourth-order valence-electron chi connectivity index (χ4n) is 2.14. The van der Waals surface area contributed by atoms with E-state index in [0.717, 1.165) is 22.3 Å². The summed E-state index contributed by atoms with van der Waals surface area (Å²) in [6.07, 6.45) is 0.950. The maximum Gasteiger partial charge on any atom is 0.225 e. The van der Waals surface area contributed by atoms with Crippen molar-refractivity contribution in [1.82, 2.24) is 9.97 Å². The van der Waals surface area contributed by atoms with Crippen LogP contribution in [0.4, 0.5) is 11.5 Å². The quantitative estimate of drug-likeness (QED) is 0.548. The summed E-state index contributed by atoms with van der Waals surface area (Å²) in [5.74, 6) is 0.728. The van der Waals surface area contributed by atoms with Crippen LogP contribution in [-0.4, -0.2) is 15.8 Å². The van der Waals surface area contributed by atoms with Crippen molar-refractivity contribution >= 4 is 50.4 Å². The Hall–Kier alpha value is -1.98. The van der Waals surface area contributed by atoms with E-state index in [1.54, 1.807) is 30.4 Å². The summed E-state index contributed by atoms with van der Waals surface area (Å²) < 4.78 is 0. The van der Waals surface area contributed by atoms with Crippen LogP contribution in [0.3, 0.4) is 0 Å². The van der Waals surface area contributed by atoms with Crippen molar-refractivity contribution in [2.45, 2.75) is 20.3 Å². The molecule has 112 valence electrons. The first kappa shape index (κ1) is 14.9. The van der Waals surface area contributed by atoms with Gasteiger partial charge in [0, 0.05) is 16.1 Å². The highest BCUT2D eigenvalue weighted by Gasteiger charge is 2.11. The zero-order valence-electron chi connectivity index (χ0n) is 12.2. The van der Waals surface area contributed by atoms with E-state index >= 15 is 0 Å². The van der Waals surface area contributed by atoms with Crippen LogP contribution in [0.25, 0.3) is 10.2 Å². The van der Waals surface area contributed by atoms with Crippen LogP contribution in [0.15, 0.2) is 30.3 Å². The molecule has 0 saturated carbocycles. The van der Waals surface area contributed by atoms with Crippen LogP contribution >= 0.6 is 22.9 Å². The van der Waals surface area contributed by atoms with E-state index in [1.807, 2.05) is 12.1 Å². The molecule has 0 fully saturated rings. The van der Waals surface area contributed by atoms with Crippen LogP contribution in [-0.2, 0) is 6.42 Å². The highest BCUT2D eigenvalue weighted by molar-refractivity contribution is 7.18. The lowest BCUT2D eigenvalue weighted by Crippen LogP contribution is -1.97. The number of carbonyl (C=O) groups excluding carboxylic acids is 1. The van der Waals surface area contributed by atoms with E-state index in [4.69, 9.17) is 11.6 Å². The number of nitrogens with one attached hydrogen (secondary N) is 1. The third-order valence-corrected chi connectivity index (χ3v) is 4.66. The van der Waals surface area contributed by atoms with Crippen molar-refractivity contribution in [2.75, 3.05) is 5.32 Å². The van der Waals surface area contributed by atoms with Crippen molar-refractivity contribution in [2.24, 2.45) is 0 Å². The average molecular weight is 332 g/mol. The molecule has 0 aliphatic carbocycles. The van der Waals surface area contributed by atoms with E-state index in [0.29, 0.717) is 11.4 Å². The van der Waals surface area contributed by atoms with E-state index in [9.17, 15) is 4.79 Å². The second kappa shape index (κ2) is 6.02. The molecule has 2 aromatic heterocycles. The van der Waals surface area contributed by atoms with Crippen molar-refractivity contribution < 1.29 is 4.79 Å². The molecule has 3 aromatic rings. The van der Waals surface area contributed by atoms with Crippen LogP contribution in [0.5, 0.6) is 0 Å². The number of aromatic nitrogens is 2. The van der Waals surface area contributed by atoms with Crippen LogP contribution in [0, 0.1) is 0 Å². The third kappa shape index (κ3) is 2.96. The van der Waals surface area contributed by atoms with E-state index < -0.39 is 0 Å². The van der Waals surface area contributed by atoms with Gasteiger partial charge in [-0.05, 0) is 55.3 Å². The van der Waals surface area contributed by atoms with Gasteiger partial charge in [0.2, 0.25) is 5.28 Å². The Morgan fingerprint density at radius 2 is 2.00 bits per heavy atom. The third-order valence-electron chi connectivity index (χ3n) is 3.32. The maximum atomic E-state index is 11.3. The molecule has 0 aliphatic rings. The largest absolute Gasteiger partial charge is 0.340 e. The monoisotopic (exact) mass is 331 g/mol. The zero-order chi connectivity index (χ0) is 15.7. The Labute approximate surface area is 137 Å². The fraction of sp³-hybridized carbons (Fsp3) is 0.188. The molecule has 1 N–H and O–H groups in total. The smallest absolute Gasteiger partial charge is 0.225 e. The number of carbonyl (C=O) groups is 1. The number of rotatable bonds is 4. The Bertz CT molecular complexity index is 842. The van der Waals surface area contributed by atoms with Crippen molar-refractivity contribution in [3.8, 4) is 0 Å². The van der Waals surface area contributed by atoms with Gasteiger partial charge in [0.15, 0.2) is 5.78 Å². The van der Waals surface area contributed by atoms with Gasteiger partial charge < -0.3 is 5.32 Å². The minimum Gasteiger partial charge on any atom is -0.340 e. The Balaban J connectivity index is 1.98. The van der Waals surface area contributed by atoms with Gasteiger partial charge in [0.25, 0.3) is 0 Å². The summed E-state index contributed by atoms with van der Waals surface area (Å²) in [7, 11) is 0. The molecule has 1 aromatic carbocycles. The standard InChI is InChI=1S/C16H14ClN3OS/c1-3-12-8-13-14(19-16(17)20-15(13)22-12)18-11-6-4-10(5-7-11)9(2)21/h4-8H,3H2,1-2H3,(H,18,19,20). The summed E-state index contributed by atoms with van der Waals surface area (Å²) in [4.78, 5) is 22.0. The Morgan fingerprint density at radius 1 is 1.27 bits per heavy atom. The number of hydrogen-bond donors (Lipinski definition) is 1. The highest BCUT2D eigenvalue weighted by Crippen LogP contribution is 2.31. The van der Waals surface area contributed by atoms with E-state index in [-0.39, 0.29) is 11.1 Å². The van der Waals surface area contributed by atoms with Gasteiger partial charge >= 0.3 is 0 Å². The molecule has 3 rings (SSSR count). The number of nitrogens with zero attached hydrogens (tertiary/aromatic N) is 2. The lowest BCUT2D eigenvalue weighted by atomic mass is 10.1. The molecule has 0 unspecified atom stereocenters. The minimum atomic E-state index is 0.0458. The van der Waals surface area contributed by atoms with Gasteiger partial charge in [-0.15, -0.1) is 11.3 Å². The summed E-state index contributed by atoms with van der Waals surface area (Å²) >= 11 is 7.63. The van der Waals surface area contributed by atoms with E-state index in [2.05, 4.69) is 28.3 Å². The van der Waals surface area contributed by atoms with Gasteiger partial charge in [-0.25, -0.2) is 4.98 Å². The molecule has 0 amide bonds. The Morgan fingerprint density at radius 3 is 2.64 bits per heavy atom. The van der Waals surface area contributed by atoms with E-state index in [1.165, 1.54) is 4.88 Å². The first-order chi connectivity index (χ1) is 10.6. The molecule has 0 aliphatic heterocycles. The molecule has 4 nitrogen and oxygen atoms in total. The van der Waals surface area contributed by atoms with Crippen LogP contribution < -0.4 is 5.32 Å². The first-order valence-electron chi connectivity index (χ1n) is 6.91. The molecular weight excluding hydrogens is 318 g/mol. The average Bonchev–Trinajstić information content (AvgIpc) is 2.91. The van der Waals surface area contributed by atoms with Gasteiger partial charge in [-0.3, -0.25) is 4.79 Å². The van der Waals surface area contributed by atoms with Crippen LogP contribution in [0.1, 0.15) is 29.1 Å². The molecule has 2 heterocycles. The number of thiophene rings is 1. The second-order valence-electron chi connectivity index (χ2n) is 4.88. The number of aryl methyl sites for hydroxylation is 1. The number of halogens is 1. The normalized spacial score (nSPS) is 10.9. The predicted molar refractivity (Wildman–Crippen MR) is 91.5 cm³/mol. The molecule has 0 atom stereocenters. The molecule has 0 spiro atoms. The van der Waals surface area contributed by atoms with Crippen molar-refractivity contribution in [1.29, 1.82) is 0 Å². The number of anilines is 2. The summed E-state index contributed by atoms with van der Waals surface area (Å²) in [6.45, 7) is 3.65. The Kier molecular flexibility index (Phi) is 4.09. The van der Waals surface area contributed by atoms with Gasteiger partial charge in [0.1, 0.15) is 10.6 Å². The lowest BCUT2D eigenvalue weighted by Gasteiger charge is -2.07. The second-order valence-corrected chi connectivity index (χ2v) is 6.34. The number of fused-ring (bicyclic) bond motifs is 1. The number of ketones is 1. The SMILES string of the molecule is CCc1cc2c(Nc3ccc(C(C)=O)cc3)nc(Cl)nc2s1. The van der Waals surface area contributed by atoms with Gasteiger partial charge in [-0.2, -0.15) is 4.98 Å². The number of benzene rings is 1. The molecular formula is C16H14ClN3OS. The maximum absolute atomic E-state index is 11.3. The van der Waals surface area contributed by atoms with Crippen LogP contribution in [0.2, 0.25) is 5.28 Å². The molecule has 0 saturated heterocycles. The van der Waals surface area contributed by atoms with Crippen molar-refractivity contribution in [3.05, 3.63) is 46.1 Å². The molecule has 22 heavy (non-hydrogen) atoms.